The number of nitrogens with zero attached hydrogens (tertiary/aromatic N) is 5. The zero-order chi connectivity index (χ0) is 18.3. The topological polar surface area (TPSA) is 56.1 Å². The van der Waals surface area contributed by atoms with Crippen molar-refractivity contribution in [2.75, 3.05) is 18.0 Å². The maximum Gasteiger partial charge on any atom is 0.245 e. The van der Waals surface area contributed by atoms with Crippen LogP contribution >= 0.6 is 0 Å². The number of hydrogen-bond acceptors (Lipinski definition) is 5. The van der Waals surface area contributed by atoms with Crippen LogP contribution < -0.4 is 4.90 Å². The number of rotatable bonds is 2. The summed E-state index contributed by atoms with van der Waals surface area (Å²) in [5.74, 6) is 2.11. The molecule has 7 rings (SSSR count). The second-order valence-corrected chi connectivity index (χ2v) is 8.62. The highest BCUT2D eigenvalue weighted by Gasteiger charge is 2.59. The summed E-state index contributed by atoms with van der Waals surface area (Å²) in [5, 5.41) is 12.9. The first-order chi connectivity index (χ1) is 13.8. The molecule has 1 aromatic heterocycles. The van der Waals surface area contributed by atoms with Gasteiger partial charge in [0.15, 0.2) is 0 Å². The Morgan fingerprint density at radius 3 is 2.86 bits per heavy atom. The fourth-order valence-electron chi connectivity index (χ4n) is 5.92. The molecular formula is C22H21N5O. The van der Waals surface area contributed by atoms with E-state index in [1.165, 1.54) is 22.3 Å². The average Bonchev–Trinajstić information content (AvgIpc) is 3.26. The van der Waals surface area contributed by atoms with Crippen molar-refractivity contribution in [3.63, 3.8) is 0 Å². The Bertz CT molecular complexity index is 1090. The Labute approximate surface area is 163 Å². The second-order valence-electron chi connectivity index (χ2n) is 8.62. The number of anilines is 1. The van der Waals surface area contributed by atoms with E-state index in [0.717, 1.165) is 31.9 Å². The molecule has 2 aliphatic carbocycles. The normalized spacial score (nSPS) is 31.9. The third-order valence-corrected chi connectivity index (χ3v) is 7.28. The van der Waals surface area contributed by atoms with Crippen LogP contribution in [0.5, 0.6) is 0 Å². The first-order valence-electron chi connectivity index (χ1n) is 10.2. The smallest absolute Gasteiger partial charge is 0.245 e. The predicted octanol–water partition coefficient (Wildman–Crippen LogP) is 2.82. The highest BCUT2D eigenvalue weighted by atomic mass is 16.5. The predicted molar refractivity (Wildman–Crippen MR) is 103 cm³/mol. The van der Waals surface area contributed by atoms with E-state index in [1.807, 2.05) is 0 Å². The van der Waals surface area contributed by atoms with E-state index in [1.54, 1.807) is 0 Å². The fraction of sp³-hybridized carbons (Fsp3) is 0.409. The number of benzene rings is 2. The molecule has 0 bridgehead atoms. The summed E-state index contributed by atoms with van der Waals surface area (Å²) in [6, 6.07) is 17.8. The van der Waals surface area contributed by atoms with E-state index in [2.05, 4.69) is 73.6 Å². The Hall–Kier alpha value is -2.73. The van der Waals surface area contributed by atoms with Gasteiger partial charge in [-0.2, -0.15) is 0 Å². The first kappa shape index (κ1) is 15.2. The van der Waals surface area contributed by atoms with E-state index in [0.29, 0.717) is 24.5 Å². The number of fused-ring (bicyclic) bond motifs is 5. The molecule has 0 amide bonds. The van der Waals surface area contributed by atoms with Gasteiger partial charge in [0.25, 0.3) is 0 Å². The minimum atomic E-state index is -0.209. The summed E-state index contributed by atoms with van der Waals surface area (Å²) in [6.07, 6.45) is 2.13. The molecule has 6 heteroatoms. The van der Waals surface area contributed by atoms with E-state index >= 15 is 0 Å². The molecule has 4 aliphatic rings. The molecule has 0 N–H and O–H groups in total. The van der Waals surface area contributed by atoms with Crippen molar-refractivity contribution in [3.8, 4) is 0 Å². The average molecular weight is 371 g/mol. The van der Waals surface area contributed by atoms with Gasteiger partial charge < -0.3 is 9.64 Å². The third-order valence-electron chi connectivity index (χ3n) is 7.28. The van der Waals surface area contributed by atoms with Gasteiger partial charge in [-0.3, -0.25) is 0 Å². The third kappa shape index (κ3) is 1.88. The van der Waals surface area contributed by atoms with E-state index in [4.69, 9.17) is 4.74 Å². The lowest BCUT2D eigenvalue weighted by atomic mass is 9.92. The van der Waals surface area contributed by atoms with Crippen LogP contribution in [0.4, 0.5) is 5.95 Å². The highest BCUT2D eigenvalue weighted by Crippen LogP contribution is 2.64. The standard InChI is InChI=1S/C22H21N5O/c1-3-7-16-14(5-1)11-17-19(16)20(17)27-21(23-24-25-27)26-10-9-22(13-26)18-8-4-2-6-15(18)12-28-22/h1-8,17,19-20H,9-13H2/t17-,19+,20+,22?/m0/s1. The molecule has 1 saturated heterocycles. The van der Waals surface area contributed by atoms with Gasteiger partial charge in [0, 0.05) is 12.5 Å². The van der Waals surface area contributed by atoms with Gasteiger partial charge >= 0.3 is 0 Å². The summed E-state index contributed by atoms with van der Waals surface area (Å²) < 4.78 is 8.41. The van der Waals surface area contributed by atoms with Gasteiger partial charge in [0.1, 0.15) is 5.60 Å². The molecule has 4 atom stereocenters. The van der Waals surface area contributed by atoms with Crippen molar-refractivity contribution in [1.82, 2.24) is 20.2 Å². The molecule has 1 spiro atoms. The lowest BCUT2D eigenvalue weighted by molar-refractivity contribution is -0.0205. The van der Waals surface area contributed by atoms with E-state index < -0.39 is 0 Å². The van der Waals surface area contributed by atoms with Gasteiger partial charge in [-0.05, 0) is 51.4 Å². The summed E-state index contributed by atoms with van der Waals surface area (Å²) in [4.78, 5) is 2.32. The van der Waals surface area contributed by atoms with Crippen molar-refractivity contribution in [2.45, 2.75) is 37.0 Å². The van der Waals surface area contributed by atoms with Crippen LogP contribution in [0.1, 0.15) is 40.6 Å². The Kier molecular flexibility index (Phi) is 2.83. The molecule has 140 valence electrons. The van der Waals surface area contributed by atoms with Crippen molar-refractivity contribution >= 4 is 5.95 Å². The van der Waals surface area contributed by atoms with Crippen LogP contribution in [0, 0.1) is 5.92 Å². The molecule has 1 unspecified atom stereocenters. The summed E-state index contributed by atoms with van der Waals surface area (Å²) >= 11 is 0. The second kappa shape index (κ2) is 5.20. The van der Waals surface area contributed by atoms with Crippen LogP contribution in [0.15, 0.2) is 48.5 Å². The van der Waals surface area contributed by atoms with E-state index in [9.17, 15) is 0 Å². The fourth-order valence-corrected chi connectivity index (χ4v) is 5.92. The van der Waals surface area contributed by atoms with E-state index in [-0.39, 0.29) is 5.60 Å². The molecule has 1 saturated carbocycles. The van der Waals surface area contributed by atoms with Gasteiger partial charge in [0.05, 0.1) is 19.2 Å². The van der Waals surface area contributed by atoms with Crippen LogP contribution in [0.2, 0.25) is 0 Å². The van der Waals surface area contributed by atoms with Crippen molar-refractivity contribution in [3.05, 3.63) is 70.8 Å². The summed E-state index contributed by atoms with van der Waals surface area (Å²) in [6.45, 7) is 2.45. The number of aromatic nitrogens is 4. The first-order valence-corrected chi connectivity index (χ1v) is 10.2. The molecule has 28 heavy (non-hydrogen) atoms. The minimum Gasteiger partial charge on any atom is -0.364 e. The summed E-state index contributed by atoms with van der Waals surface area (Å²) in [7, 11) is 0. The van der Waals surface area contributed by atoms with Crippen LogP contribution in [-0.4, -0.2) is 33.3 Å². The molecule has 2 aromatic carbocycles. The van der Waals surface area contributed by atoms with Crippen LogP contribution in [-0.2, 0) is 23.4 Å². The van der Waals surface area contributed by atoms with Crippen molar-refractivity contribution in [1.29, 1.82) is 0 Å². The molecule has 6 nitrogen and oxygen atoms in total. The minimum absolute atomic E-state index is 0.209. The number of ether oxygens (including phenoxy) is 1. The number of hydrogen-bond donors (Lipinski definition) is 0. The van der Waals surface area contributed by atoms with Crippen molar-refractivity contribution < 1.29 is 4.74 Å². The summed E-state index contributed by atoms with van der Waals surface area (Å²) in [5.41, 5.74) is 5.44. The highest BCUT2D eigenvalue weighted by molar-refractivity contribution is 5.47. The Balaban J connectivity index is 1.19. The monoisotopic (exact) mass is 371 g/mol. The maximum atomic E-state index is 6.32. The molecule has 0 radical (unpaired) electrons. The lowest BCUT2D eigenvalue weighted by Gasteiger charge is -2.25. The van der Waals surface area contributed by atoms with Gasteiger partial charge in [-0.1, -0.05) is 53.6 Å². The Morgan fingerprint density at radius 1 is 1.04 bits per heavy atom. The van der Waals surface area contributed by atoms with Gasteiger partial charge in [-0.15, -0.1) is 0 Å². The molecule has 3 aromatic rings. The maximum absolute atomic E-state index is 6.32. The Morgan fingerprint density at radius 2 is 1.89 bits per heavy atom. The van der Waals surface area contributed by atoms with Crippen LogP contribution in [0.3, 0.4) is 0 Å². The number of tetrazole rings is 1. The molecule has 3 heterocycles. The molecule has 2 fully saturated rings. The van der Waals surface area contributed by atoms with Crippen LogP contribution in [0.25, 0.3) is 0 Å². The largest absolute Gasteiger partial charge is 0.364 e. The molecule has 2 aliphatic heterocycles. The molecular weight excluding hydrogens is 350 g/mol. The van der Waals surface area contributed by atoms with Gasteiger partial charge in [0.2, 0.25) is 5.95 Å². The lowest BCUT2D eigenvalue weighted by Crippen LogP contribution is -2.32. The quantitative estimate of drug-likeness (QED) is 0.693. The zero-order valence-corrected chi connectivity index (χ0v) is 15.5. The zero-order valence-electron chi connectivity index (χ0n) is 15.5. The SMILES string of the molecule is c1ccc2c(c1)C[C@H]1[C@@H]2[C@@H]1n1nnnc1N1CCC2(C1)OCc1ccccc12. The van der Waals surface area contributed by atoms with Crippen molar-refractivity contribution in [2.24, 2.45) is 5.92 Å². The van der Waals surface area contributed by atoms with Gasteiger partial charge in [-0.25, -0.2) is 4.68 Å².